The van der Waals surface area contributed by atoms with Crippen molar-refractivity contribution in [3.63, 3.8) is 0 Å². The van der Waals surface area contributed by atoms with E-state index in [2.05, 4.69) is 16.0 Å². The van der Waals surface area contributed by atoms with Crippen molar-refractivity contribution in [1.29, 1.82) is 0 Å². The predicted octanol–water partition coefficient (Wildman–Crippen LogP) is 0.160. The molecule has 0 aliphatic heterocycles. The predicted molar refractivity (Wildman–Crippen MR) is 142 cm³/mol. The molecule has 37 heavy (non-hydrogen) atoms. The molecule has 206 valence electrons. The van der Waals surface area contributed by atoms with Gasteiger partial charge in [0.15, 0.2) is 0 Å². The summed E-state index contributed by atoms with van der Waals surface area (Å²) in [6, 6.07) is 4.86. The quantitative estimate of drug-likeness (QED) is 0.162. The number of thioether (sulfide) groups is 1. The first-order valence-electron chi connectivity index (χ1n) is 12.1. The number of rotatable bonds is 17. The third-order valence-corrected chi connectivity index (χ3v) is 6.16. The second-order valence-electron chi connectivity index (χ2n) is 9.23. The zero-order valence-electron chi connectivity index (χ0n) is 21.6. The molecule has 0 spiro atoms. The molecule has 0 bridgehead atoms. The smallest absolute Gasteiger partial charge is 0.326 e. The number of nitrogens with two attached hydrogens (primary N) is 2. The van der Waals surface area contributed by atoms with Crippen molar-refractivity contribution >= 4 is 41.4 Å². The average Bonchev–Trinajstić information content (AvgIpc) is 2.83. The van der Waals surface area contributed by atoms with Crippen molar-refractivity contribution in [2.75, 3.05) is 12.0 Å². The van der Waals surface area contributed by atoms with Gasteiger partial charge in [0.2, 0.25) is 23.6 Å². The fourth-order valence-electron chi connectivity index (χ4n) is 3.55. The van der Waals surface area contributed by atoms with Gasteiger partial charge in [-0.1, -0.05) is 44.2 Å². The lowest BCUT2D eigenvalue weighted by atomic mass is 10.0. The highest BCUT2D eigenvalue weighted by Crippen LogP contribution is 2.09. The van der Waals surface area contributed by atoms with Gasteiger partial charge in [-0.25, -0.2) is 4.79 Å². The molecule has 1 aromatic carbocycles. The van der Waals surface area contributed by atoms with Crippen LogP contribution in [0.2, 0.25) is 0 Å². The van der Waals surface area contributed by atoms with E-state index in [1.807, 2.05) is 50.4 Å². The first-order valence-corrected chi connectivity index (χ1v) is 13.5. The van der Waals surface area contributed by atoms with Crippen LogP contribution in [0.25, 0.3) is 0 Å². The highest BCUT2D eigenvalue weighted by molar-refractivity contribution is 7.98. The van der Waals surface area contributed by atoms with E-state index in [1.165, 1.54) is 11.8 Å². The van der Waals surface area contributed by atoms with Crippen molar-refractivity contribution in [1.82, 2.24) is 16.0 Å². The SMILES string of the molecule is CSCCC(NC(=O)C(Cc1ccccc1)NC(=O)C(N)CC(C)C)C(=O)NC(CCC(N)=O)C(=O)O. The molecule has 0 aromatic heterocycles. The Labute approximate surface area is 221 Å². The lowest BCUT2D eigenvalue weighted by molar-refractivity contribution is -0.142. The molecule has 0 heterocycles. The number of carbonyl (C=O) groups excluding carboxylic acids is 4. The Balaban J connectivity index is 3.07. The van der Waals surface area contributed by atoms with Crippen molar-refractivity contribution in [3.05, 3.63) is 35.9 Å². The minimum Gasteiger partial charge on any atom is -0.480 e. The minimum atomic E-state index is -1.34. The maximum absolute atomic E-state index is 13.3. The average molecular weight is 538 g/mol. The maximum atomic E-state index is 13.3. The van der Waals surface area contributed by atoms with E-state index in [0.29, 0.717) is 12.2 Å². The van der Waals surface area contributed by atoms with E-state index in [4.69, 9.17) is 11.5 Å². The van der Waals surface area contributed by atoms with Crippen molar-refractivity contribution < 1.29 is 29.1 Å². The number of primary amides is 1. The molecule has 0 fully saturated rings. The van der Waals surface area contributed by atoms with E-state index >= 15 is 0 Å². The summed E-state index contributed by atoms with van der Waals surface area (Å²) >= 11 is 1.45. The molecule has 4 amide bonds. The van der Waals surface area contributed by atoms with Crippen LogP contribution >= 0.6 is 11.8 Å². The van der Waals surface area contributed by atoms with Gasteiger partial charge >= 0.3 is 5.97 Å². The van der Waals surface area contributed by atoms with Crippen molar-refractivity contribution in [3.8, 4) is 0 Å². The van der Waals surface area contributed by atoms with Crippen LogP contribution in [0.15, 0.2) is 30.3 Å². The molecule has 4 unspecified atom stereocenters. The molecule has 0 saturated heterocycles. The second-order valence-corrected chi connectivity index (χ2v) is 10.2. The number of hydrogen-bond acceptors (Lipinski definition) is 7. The topological polar surface area (TPSA) is 194 Å². The summed E-state index contributed by atoms with van der Waals surface area (Å²) in [4.78, 5) is 61.6. The highest BCUT2D eigenvalue weighted by Gasteiger charge is 2.30. The van der Waals surface area contributed by atoms with Gasteiger partial charge in [-0.05, 0) is 42.8 Å². The molecule has 11 nitrogen and oxygen atoms in total. The van der Waals surface area contributed by atoms with E-state index in [9.17, 15) is 29.1 Å². The van der Waals surface area contributed by atoms with Crippen LogP contribution in [-0.2, 0) is 30.4 Å². The fourth-order valence-corrected chi connectivity index (χ4v) is 4.02. The van der Waals surface area contributed by atoms with E-state index in [0.717, 1.165) is 5.56 Å². The van der Waals surface area contributed by atoms with E-state index in [-0.39, 0.29) is 31.6 Å². The number of carboxylic acid groups (broad SMARTS) is 1. The highest BCUT2D eigenvalue weighted by atomic mass is 32.2. The van der Waals surface area contributed by atoms with Gasteiger partial charge in [-0.15, -0.1) is 0 Å². The Morgan fingerprint density at radius 2 is 1.46 bits per heavy atom. The lowest BCUT2D eigenvalue weighted by Crippen LogP contribution is -2.57. The molecule has 4 atom stereocenters. The zero-order chi connectivity index (χ0) is 28.0. The number of amides is 4. The molecule has 1 rings (SSSR count). The lowest BCUT2D eigenvalue weighted by Gasteiger charge is -2.25. The summed E-state index contributed by atoms with van der Waals surface area (Å²) in [7, 11) is 0. The summed E-state index contributed by atoms with van der Waals surface area (Å²) < 4.78 is 0. The van der Waals surface area contributed by atoms with Crippen LogP contribution in [0.5, 0.6) is 0 Å². The van der Waals surface area contributed by atoms with Gasteiger partial charge in [0, 0.05) is 12.8 Å². The maximum Gasteiger partial charge on any atom is 0.326 e. The Kier molecular flexibility index (Phi) is 14.3. The Hall–Kier alpha value is -3.12. The number of hydrogen-bond donors (Lipinski definition) is 6. The molecule has 1 aromatic rings. The number of aliphatic carboxylic acids is 1. The first kappa shape index (κ1) is 31.9. The molecular weight excluding hydrogens is 498 g/mol. The van der Waals surface area contributed by atoms with Gasteiger partial charge in [-0.2, -0.15) is 11.8 Å². The van der Waals surface area contributed by atoms with Crippen molar-refractivity contribution in [2.24, 2.45) is 17.4 Å². The second kappa shape index (κ2) is 16.6. The van der Waals surface area contributed by atoms with Crippen LogP contribution in [0, 0.1) is 5.92 Å². The molecule has 0 saturated carbocycles. The standard InChI is InChI=1S/C25H39N5O6S/c1-15(2)13-17(26)22(32)30-20(14-16-7-5-4-6-8-16)24(34)28-18(11-12-37-3)23(33)29-19(25(35)36)9-10-21(27)31/h4-8,15,17-20H,9-14,26H2,1-3H3,(H2,27,31)(H,28,34)(H,29,33)(H,30,32)(H,35,36). The Bertz CT molecular complexity index is 914. The normalized spacial score (nSPS) is 14.2. The third kappa shape index (κ3) is 12.6. The van der Waals surface area contributed by atoms with Crippen molar-refractivity contribution in [2.45, 2.75) is 70.1 Å². The summed E-state index contributed by atoms with van der Waals surface area (Å²) in [5, 5.41) is 17.2. The van der Waals surface area contributed by atoms with Gasteiger partial charge in [0.1, 0.15) is 18.1 Å². The zero-order valence-corrected chi connectivity index (χ0v) is 22.4. The number of carbonyl (C=O) groups is 5. The Morgan fingerprint density at radius 3 is 2.00 bits per heavy atom. The summed E-state index contributed by atoms with van der Waals surface area (Å²) in [5.41, 5.74) is 11.9. The van der Waals surface area contributed by atoms with Crippen LogP contribution in [0.4, 0.5) is 0 Å². The largest absolute Gasteiger partial charge is 0.480 e. The molecule has 0 aliphatic carbocycles. The molecule has 12 heteroatoms. The monoisotopic (exact) mass is 537 g/mol. The number of carboxylic acids is 1. The summed E-state index contributed by atoms with van der Waals surface area (Å²) in [5.74, 6) is -3.11. The minimum absolute atomic E-state index is 0.167. The third-order valence-electron chi connectivity index (χ3n) is 5.52. The molecule has 0 aliphatic rings. The van der Waals surface area contributed by atoms with E-state index < -0.39 is 53.8 Å². The fraction of sp³-hybridized carbons (Fsp3) is 0.560. The summed E-state index contributed by atoms with van der Waals surface area (Å²) in [6.07, 6.45) is 2.26. The van der Waals surface area contributed by atoms with Crippen LogP contribution in [-0.4, -0.2) is 70.9 Å². The number of benzene rings is 1. The van der Waals surface area contributed by atoms with Gasteiger partial charge in [-0.3, -0.25) is 19.2 Å². The summed E-state index contributed by atoms with van der Waals surface area (Å²) in [6.45, 7) is 3.87. The number of nitrogens with one attached hydrogen (secondary N) is 3. The molecule has 8 N–H and O–H groups in total. The van der Waals surface area contributed by atoms with E-state index in [1.54, 1.807) is 0 Å². The van der Waals surface area contributed by atoms with Gasteiger partial charge < -0.3 is 32.5 Å². The van der Waals surface area contributed by atoms with Crippen LogP contribution in [0.1, 0.15) is 45.1 Å². The van der Waals surface area contributed by atoms with Gasteiger partial charge in [0.25, 0.3) is 0 Å². The molecule has 0 radical (unpaired) electrons. The van der Waals surface area contributed by atoms with Crippen LogP contribution < -0.4 is 27.4 Å². The first-order chi connectivity index (χ1) is 17.4. The van der Waals surface area contributed by atoms with Gasteiger partial charge in [0.05, 0.1) is 6.04 Å². The van der Waals surface area contributed by atoms with Crippen LogP contribution in [0.3, 0.4) is 0 Å². The molecular formula is C25H39N5O6S. The Morgan fingerprint density at radius 1 is 0.892 bits per heavy atom.